The van der Waals surface area contributed by atoms with Gasteiger partial charge in [0.05, 0.1) is 0 Å². The first kappa shape index (κ1) is 17.8. The number of likely N-dealkylation sites (tertiary alicyclic amines) is 1. The van der Waals surface area contributed by atoms with Crippen LogP contribution in [-0.2, 0) is 4.74 Å². The molecule has 0 radical (unpaired) electrons. The molecule has 0 bridgehead atoms. The van der Waals surface area contributed by atoms with Gasteiger partial charge in [0.25, 0.3) is 0 Å². The van der Waals surface area contributed by atoms with Crippen molar-refractivity contribution >= 4 is 22.0 Å². The highest BCUT2D eigenvalue weighted by Crippen LogP contribution is 2.24. The molecule has 0 unspecified atom stereocenters. The van der Waals surface area contributed by atoms with E-state index >= 15 is 0 Å². The summed E-state index contributed by atoms with van der Waals surface area (Å²) in [6.45, 7) is 7.49. The SMILES string of the molecule is CC(C)(C)OC(=O)N1CCC(CCCCCCBr)CC1. The van der Waals surface area contributed by atoms with E-state index in [1.54, 1.807) is 0 Å². The molecule has 0 spiro atoms. The Morgan fingerprint density at radius 2 is 1.75 bits per heavy atom. The van der Waals surface area contributed by atoms with Crippen LogP contribution in [0.15, 0.2) is 0 Å². The fourth-order valence-electron chi connectivity index (χ4n) is 2.61. The van der Waals surface area contributed by atoms with Gasteiger partial charge in [-0.05, 0) is 46.0 Å². The van der Waals surface area contributed by atoms with Gasteiger partial charge in [-0.3, -0.25) is 0 Å². The van der Waals surface area contributed by atoms with E-state index in [2.05, 4.69) is 15.9 Å². The molecule has 1 fully saturated rings. The molecule has 1 rings (SSSR count). The molecule has 1 saturated heterocycles. The smallest absolute Gasteiger partial charge is 0.410 e. The van der Waals surface area contributed by atoms with Crippen molar-refractivity contribution in [2.24, 2.45) is 5.92 Å². The third kappa shape index (κ3) is 7.51. The van der Waals surface area contributed by atoms with Crippen LogP contribution in [0.3, 0.4) is 0 Å². The summed E-state index contributed by atoms with van der Waals surface area (Å²) in [5, 5.41) is 1.13. The normalized spacial score (nSPS) is 17.3. The number of nitrogens with zero attached hydrogens (tertiary/aromatic N) is 1. The van der Waals surface area contributed by atoms with Gasteiger partial charge in [0.2, 0.25) is 0 Å². The Hall–Kier alpha value is -0.250. The second kappa shape index (κ2) is 8.91. The average molecular weight is 348 g/mol. The summed E-state index contributed by atoms with van der Waals surface area (Å²) in [6, 6.07) is 0. The Morgan fingerprint density at radius 1 is 1.15 bits per heavy atom. The van der Waals surface area contributed by atoms with E-state index in [4.69, 9.17) is 4.74 Å². The molecule has 0 aliphatic carbocycles. The van der Waals surface area contributed by atoms with Gasteiger partial charge in [-0.1, -0.05) is 41.6 Å². The van der Waals surface area contributed by atoms with Gasteiger partial charge in [0.15, 0.2) is 0 Å². The van der Waals surface area contributed by atoms with Gasteiger partial charge in [-0.2, -0.15) is 0 Å². The van der Waals surface area contributed by atoms with E-state index in [9.17, 15) is 4.79 Å². The van der Waals surface area contributed by atoms with Gasteiger partial charge >= 0.3 is 6.09 Å². The van der Waals surface area contributed by atoms with Crippen LogP contribution in [0.5, 0.6) is 0 Å². The van der Waals surface area contributed by atoms with Crippen molar-refractivity contribution in [2.75, 3.05) is 18.4 Å². The lowest BCUT2D eigenvalue weighted by Gasteiger charge is -2.33. The highest BCUT2D eigenvalue weighted by molar-refractivity contribution is 9.09. The monoisotopic (exact) mass is 347 g/mol. The number of carbonyl (C=O) groups is 1. The van der Waals surface area contributed by atoms with Crippen LogP contribution in [0.4, 0.5) is 4.79 Å². The van der Waals surface area contributed by atoms with Gasteiger partial charge in [0.1, 0.15) is 5.60 Å². The molecule has 4 heteroatoms. The van der Waals surface area contributed by atoms with Crippen LogP contribution in [0, 0.1) is 5.92 Å². The number of unbranched alkanes of at least 4 members (excludes halogenated alkanes) is 3. The van der Waals surface area contributed by atoms with Gasteiger partial charge in [-0.25, -0.2) is 4.79 Å². The first-order valence-corrected chi connectivity index (χ1v) is 9.08. The van der Waals surface area contributed by atoms with E-state index < -0.39 is 0 Å². The number of piperidine rings is 1. The lowest BCUT2D eigenvalue weighted by atomic mass is 9.91. The zero-order valence-corrected chi connectivity index (χ0v) is 14.9. The summed E-state index contributed by atoms with van der Waals surface area (Å²) < 4.78 is 5.42. The van der Waals surface area contributed by atoms with Crippen molar-refractivity contribution in [3.63, 3.8) is 0 Å². The van der Waals surface area contributed by atoms with E-state index in [0.29, 0.717) is 0 Å². The number of rotatable bonds is 6. The zero-order valence-electron chi connectivity index (χ0n) is 13.3. The highest BCUT2D eigenvalue weighted by atomic mass is 79.9. The maximum atomic E-state index is 12.0. The van der Waals surface area contributed by atoms with E-state index in [1.807, 2.05) is 25.7 Å². The summed E-state index contributed by atoms with van der Waals surface area (Å²) in [5.74, 6) is 0.803. The molecule has 20 heavy (non-hydrogen) atoms. The predicted octanol–water partition coefficient (Wildman–Crippen LogP) is 4.98. The molecule has 1 amide bonds. The fraction of sp³-hybridized carbons (Fsp3) is 0.938. The number of carbonyl (C=O) groups excluding carboxylic acids is 1. The van der Waals surface area contributed by atoms with Crippen molar-refractivity contribution < 1.29 is 9.53 Å². The molecular weight excluding hydrogens is 318 g/mol. The molecule has 3 nitrogen and oxygen atoms in total. The number of amides is 1. The topological polar surface area (TPSA) is 29.5 Å². The summed E-state index contributed by atoms with van der Waals surface area (Å²) in [4.78, 5) is 13.8. The van der Waals surface area contributed by atoms with Gasteiger partial charge in [0, 0.05) is 18.4 Å². The minimum atomic E-state index is -0.386. The van der Waals surface area contributed by atoms with Crippen molar-refractivity contribution in [2.45, 2.75) is 71.3 Å². The van der Waals surface area contributed by atoms with Crippen molar-refractivity contribution in [3.05, 3.63) is 0 Å². The Balaban J connectivity index is 2.15. The van der Waals surface area contributed by atoms with Crippen molar-refractivity contribution in [1.82, 2.24) is 4.90 Å². The summed E-state index contributed by atoms with van der Waals surface area (Å²) in [5.41, 5.74) is -0.386. The highest BCUT2D eigenvalue weighted by Gasteiger charge is 2.26. The third-order valence-corrected chi connectivity index (χ3v) is 4.32. The fourth-order valence-corrected chi connectivity index (χ4v) is 3.01. The molecule has 118 valence electrons. The number of hydrogen-bond donors (Lipinski definition) is 0. The van der Waals surface area contributed by atoms with Crippen LogP contribution in [0.2, 0.25) is 0 Å². The maximum Gasteiger partial charge on any atom is 0.410 e. The molecular formula is C16H30BrNO2. The second-order valence-corrected chi connectivity index (χ2v) is 7.60. The largest absolute Gasteiger partial charge is 0.444 e. The summed E-state index contributed by atoms with van der Waals surface area (Å²) in [7, 11) is 0. The molecule has 1 aliphatic heterocycles. The molecule has 1 heterocycles. The quantitative estimate of drug-likeness (QED) is 0.500. The van der Waals surface area contributed by atoms with Crippen LogP contribution in [0.25, 0.3) is 0 Å². The first-order chi connectivity index (χ1) is 9.42. The van der Waals surface area contributed by atoms with Crippen LogP contribution in [-0.4, -0.2) is 35.0 Å². The summed E-state index contributed by atoms with van der Waals surface area (Å²) >= 11 is 3.47. The number of ether oxygens (including phenoxy) is 1. The first-order valence-electron chi connectivity index (χ1n) is 7.96. The van der Waals surface area contributed by atoms with Crippen LogP contribution >= 0.6 is 15.9 Å². The second-order valence-electron chi connectivity index (χ2n) is 6.80. The molecule has 0 N–H and O–H groups in total. The number of alkyl halides is 1. The lowest BCUT2D eigenvalue weighted by molar-refractivity contribution is 0.0180. The number of halogens is 1. The lowest BCUT2D eigenvalue weighted by Crippen LogP contribution is -2.41. The predicted molar refractivity (Wildman–Crippen MR) is 87.4 cm³/mol. The maximum absolute atomic E-state index is 12.0. The molecule has 0 aromatic carbocycles. The average Bonchev–Trinajstić information content (AvgIpc) is 2.37. The minimum absolute atomic E-state index is 0.145. The Morgan fingerprint density at radius 3 is 2.30 bits per heavy atom. The Bertz CT molecular complexity index is 281. The van der Waals surface area contributed by atoms with Crippen LogP contribution < -0.4 is 0 Å². The van der Waals surface area contributed by atoms with Gasteiger partial charge in [-0.15, -0.1) is 0 Å². The standard InChI is InChI=1S/C16H30BrNO2/c1-16(2,3)20-15(19)18-12-9-14(10-13-18)8-6-4-5-7-11-17/h14H,4-13H2,1-3H3. The Kier molecular flexibility index (Phi) is 7.93. The van der Waals surface area contributed by atoms with Gasteiger partial charge < -0.3 is 9.64 Å². The number of hydrogen-bond acceptors (Lipinski definition) is 2. The molecule has 0 aromatic rings. The molecule has 0 saturated carbocycles. The molecule has 0 atom stereocenters. The molecule has 0 aromatic heterocycles. The van der Waals surface area contributed by atoms with Crippen LogP contribution in [0.1, 0.15) is 65.7 Å². The van der Waals surface area contributed by atoms with E-state index in [1.165, 1.54) is 32.1 Å². The molecule has 1 aliphatic rings. The zero-order chi connectivity index (χ0) is 15.0. The van der Waals surface area contributed by atoms with Crippen molar-refractivity contribution in [3.8, 4) is 0 Å². The van der Waals surface area contributed by atoms with E-state index in [0.717, 1.165) is 37.2 Å². The third-order valence-electron chi connectivity index (χ3n) is 3.76. The summed E-state index contributed by atoms with van der Waals surface area (Å²) in [6.07, 6.45) is 8.76. The van der Waals surface area contributed by atoms with E-state index in [-0.39, 0.29) is 11.7 Å². The van der Waals surface area contributed by atoms with Crippen molar-refractivity contribution in [1.29, 1.82) is 0 Å². The Labute approximate surface area is 132 Å². The minimum Gasteiger partial charge on any atom is -0.444 e.